The van der Waals surface area contributed by atoms with Crippen LogP contribution in [0, 0.1) is 0 Å². The molecule has 0 saturated heterocycles. The van der Waals surface area contributed by atoms with Gasteiger partial charge in [-0.2, -0.15) is 18.3 Å². The summed E-state index contributed by atoms with van der Waals surface area (Å²) < 4.78 is 42.6. The first-order chi connectivity index (χ1) is 14.3. The summed E-state index contributed by atoms with van der Waals surface area (Å²) in [5.74, 6) is -1.39. The normalized spacial score (nSPS) is 18.7. The third-order valence-electron chi connectivity index (χ3n) is 5.26. The van der Waals surface area contributed by atoms with Crippen LogP contribution in [0.4, 0.5) is 18.9 Å². The number of hydrogen-bond donors (Lipinski definition) is 1. The molecule has 0 aliphatic carbocycles. The number of fused-ring (bicyclic) bond motifs is 1. The molecule has 0 spiro atoms. The zero-order valence-electron chi connectivity index (χ0n) is 16.2. The van der Waals surface area contributed by atoms with Gasteiger partial charge in [-0.05, 0) is 23.6 Å². The number of halogens is 3. The highest BCUT2D eigenvalue weighted by atomic mass is 19.4. The van der Waals surface area contributed by atoms with Crippen LogP contribution in [-0.2, 0) is 23.5 Å². The second-order valence-electron chi connectivity index (χ2n) is 7.31. The third kappa shape index (κ3) is 3.17. The molecule has 1 aromatic heterocycles. The Labute approximate surface area is 171 Å². The summed E-state index contributed by atoms with van der Waals surface area (Å²) in [6.07, 6.45) is -0.455. The summed E-state index contributed by atoms with van der Waals surface area (Å²) in [5, 5.41) is 14.6. The highest BCUT2D eigenvalue weighted by molar-refractivity contribution is 6.07. The van der Waals surface area contributed by atoms with Crippen molar-refractivity contribution in [3.05, 3.63) is 72.1 Å². The number of alkyl halides is 3. The fraction of sp³-hybridized carbons (Fsp3) is 0.273. The summed E-state index contributed by atoms with van der Waals surface area (Å²) in [6.45, 7) is 2.80. The first-order valence-corrected chi connectivity index (χ1v) is 9.58. The first-order valence-electron chi connectivity index (χ1n) is 9.58. The number of amides is 1. The van der Waals surface area contributed by atoms with Gasteiger partial charge < -0.3 is 10.0 Å². The summed E-state index contributed by atoms with van der Waals surface area (Å²) in [4.78, 5) is 13.6. The van der Waals surface area contributed by atoms with Crippen molar-refractivity contribution in [2.45, 2.75) is 38.2 Å². The van der Waals surface area contributed by atoms with E-state index < -0.39 is 23.2 Å². The van der Waals surface area contributed by atoms with Gasteiger partial charge in [0.25, 0.3) is 11.5 Å². The molecule has 1 atom stereocenters. The second-order valence-corrected chi connectivity index (χ2v) is 7.31. The lowest BCUT2D eigenvalue weighted by Crippen LogP contribution is -2.50. The fourth-order valence-corrected chi connectivity index (χ4v) is 3.72. The van der Waals surface area contributed by atoms with Crippen molar-refractivity contribution < 1.29 is 23.1 Å². The number of carbonyl (C=O) groups excluding carboxylic acids is 1. The summed E-state index contributed by atoms with van der Waals surface area (Å²) in [6, 6.07) is 12.7. The number of hydrogen-bond acceptors (Lipinski definition) is 3. The van der Waals surface area contributed by atoms with Crippen molar-refractivity contribution in [1.29, 1.82) is 0 Å². The predicted molar refractivity (Wildman–Crippen MR) is 106 cm³/mol. The Bertz CT molecular complexity index is 1080. The lowest BCUT2D eigenvalue weighted by Gasteiger charge is -2.25. The van der Waals surface area contributed by atoms with Crippen LogP contribution in [-0.4, -0.2) is 27.0 Å². The van der Waals surface area contributed by atoms with Gasteiger partial charge in [0.05, 0.1) is 18.4 Å². The van der Waals surface area contributed by atoms with Crippen LogP contribution in [0.1, 0.15) is 24.5 Å². The number of nitrogens with zero attached hydrogens (tertiary/aromatic N) is 3. The van der Waals surface area contributed by atoms with E-state index in [-0.39, 0.29) is 12.2 Å². The number of carbonyl (C=O) groups is 1. The van der Waals surface area contributed by atoms with Crippen molar-refractivity contribution in [2.75, 3.05) is 4.90 Å². The average molecular weight is 415 g/mol. The topological polar surface area (TPSA) is 58.4 Å². The van der Waals surface area contributed by atoms with E-state index in [0.29, 0.717) is 5.56 Å². The Hall–Kier alpha value is -3.13. The molecule has 156 valence electrons. The maximum atomic E-state index is 13.6. The number of rotatable bonds is 5. The molecule has 0 radical (unpaired) electrons. The number of aromatic nitrogens is 2. The Morgan fingerprint density at radius 3 is 2.43 bits per heavy atom. The molecule has 1 unspecified atom stereocenters. The van der Waals surface area contributed by atoms with Crippen molar-refractivity contribution in [2.24, 2.45) is 0 Å². The van der Waals surface area contributed by atoms with E-state index in [4.69, 9.17) is 0 Å². The SMILES string of the molecule is CCCn1cc(-c2ccc(CN3C(=O)C(O)(C(F)(F)F)c4ccccc43)cc2)cn1. The minimum Gasteiger partial charge on any atom is -0.368 e. The van der Waals surface area contributed by atoms with Gasteiger partial charge in [0, 0.05) is 23.9 Å². The van der Waals surface area contributed by atoms with E-state index in [1.807, 2.05) is 23.0 Å². The monoisotopic (exact) mass is 415 g/mol. The second kappa shape index (κ2) is 7.28. The van der Waals surface area contributed by atoms with Gasteiger partial charge in [-0.15, -0.1) is 0 Å². The van der Waals surface area contributed by atoms with Gasteiger partial charge >= 0.3 is 6.18 Å². The summed E-state index contributed by atoms with van der Waals surface area (Å²) in [5.41, 5.74) is -1.41. The van der Waals surface area contributed by atoms with Gasteiger partial charge in [0.2, 0.25) is 0 Å². The largest absolute Gasteiger partial charge is 0.430 e. The van der Waals surface area contributed by atoms with Gasteiger partial charge in [-0.1, -0.05) is 49.4 Å². The molecular weight excluding hydrogens is 395 g/mol. The molecule has 5 nitrogen and oxygen atoms in total. The Balaban J connectivity index is 1.60. The van der Waals surface area contributed by atoms with E-state index >= 15 is 0 Å². The molecule has 1 aliphatic rings. The molecular formula is C22H20F3N3O2. The van der Waals surface area contributed by atoms with Crippen molar-refractivity contribution in [1.82, 2.24) is 9.78 Å². The van der Waals surface area contributed by atoms with Crippen LogP contribution >= 0.6 is 0 Å². The zero-order chi connectivity index (χ0) is 21.5. The quantitative estimate of drug-likeness (QED) is 0.678. The molecule has 0 saturated carbocycles. The van der Waals surface area contributed by atoms with E-state index in [0.717, 1.165) is 35.1 Å². The van der Waals surface area contributed by atoms with Crippen LogP contribution < -0.4 is 4.90 Å². The van der Waals surface area contributed by atoms with Crippen LogP contribution in [0.25, 0.3) is 11.1 Å². The standard InChI is InChI=1S/C22H20F3N3O2/c1-2-11-27-14-17(12-26-27)16-9-7-15(8-10-16)13-28-19-6-4-3-5-18(19)21(30,20(28)29)22(23,24)25/h3-10,12,14,30H,2,11,13H2,1H3. The average Bonchev–Trinajstić information content (AvgIpc) is 3.27. The number of benzene rings is 2. The van der Waals surface area contributed by atoms with Gasteiger partial charge in [-0.3, -0.25) is 9.48 Å². The molecule has 3 aromatic rings. The summed E-state index contributed by atoms with van der Waals surface area (Å²) in [7, 11) is 0. The number of anilines is 1. The number of aliphatic hydroxyl groups is 1. The van der Waals surface area contributed by atoms with E-state index in [9.17, 15) is 23.1 Å². The molecule has 1 amide bonds. The van der Waals surface area contributed by atoms with E-state index in [1.54, 1.807) is 18.3 Å². The van der Waals surface area contributed by atoms with Crippen LogP contribution in [0.5, 0.6) is 0 Å². The van der Waals surface area contributed by atoms with Crippen LogP contribution in [0.3, 0.4) is 0 Å². The number of aryl methyl sites for hydroxylation is 1. The van der Waals surface area contributed by atoms with Crippen molar-refractivity contribution in [3.8, 4) is 11.1 Å². The molecule has 2 heterocycles. The molecule has 1 aliphatic heterocycles. The molecule has 30 heavy (non-hydrogen) atoms. The van der Waals surface area contributed by atoms with Crippen LogP contribution in [0.15, 0.2) is 60.9 Å². The smallest absolute Gasteiger partial charge is 0.368 e. The highest BCUT2D eigenvalue weighted by Gasteiger charge is 2.66. The molecule has 0 bridgehead atoms. The number of para-hydroxylation sites is 1. The van der Waals surface area contributed by atoms with Gasteiger partial charge in [-0.25, -0.2) is 0 Å². The maximum absolute atomic E-state index is 13.6. The van der Waals surface area contributed by atoms with Crippen LogP contribution in [0.2, 0.25) is 0 Å². The maximum Gasteiger partial charge on any atom is 0.430 e. The Morgan fingerprint density at radius 2 is 1.77 bits per heavy atom. The van der Waals surface area contributed by atoms with E-state index in [2.05, 4.69) is 12.0 Å². The molecule has 2 aromatic carbocycles. The van der Waals surface area contributed by atoms with Gasteiger partial charge in [0.15, 0.2) is 0 Å². The predicted octanol–water partition coefficient (Wildman–Crippen LogP) is 4.26. The lowest BCUT2D eigenvalue weighted by molar-refractivity contribution is -0.253. The van der Waals surface area contributed by atoms with Gasteiger partial charge in [0.1, 0.15) is 0 Å². The third-order valence-corrected chi connectivity index (χ3v) is 5.26. The zero-order valence-corrected chi connectivity index (χ0v) is 16.2. The Kier molecular flexibility index (Phi) is 4.89. The molecule has 4 rings (SSSR count). The van der Waals surface area contributed by atoms with E-state index in [1.165, 1.54) is 18.2 Å². The minimum atomic E-state index is -5.11. The summed E-state index contributed by atoms with van der Waals surface area (Å²) >= 11 is 0. The van der Waals surface area contributed by atoms with Crippen molar-refractivity contribution in [3.63, 3.8) is 0 Å². The van der Waals surface area contributed by atoms with Crippen molar-refractivity contribution >= 4 is 11.6 Å². The molecule has 8 heteroatoms. The highest BCUT2D eigenvalue weighted by Crippen LogP contribution is 2.49. The minimum absolute atomic E-state index is 0.0623. The lowest BCUT2D eigenvalue weighted by atomic mass is 9.95. The molecule has 1 N–H and O–H groups in total. The first kappa shape index (κ1) is 20.2. The fourth-order valence-electron chi connectivity index (χ4n) is 3.72. The Morgan fingerprint density at radius 1 is 1.07 bits per heavy atom. The molecule has 0 fully saturated rings.